The number of ether oxygens (including phenoxy) is 2. The van der Waals surface area contributed by atoms with Crippen molar-refractivity contribution in [2.45, 2.75) is 64.8 Å². The van der Waals surface area contributed by atoms with Crippen molar-refractivity contribution in [3.8, 4) is 11.9 Å². The van der Waals surface area contributed by atoms with Gasteiger partial charge in [0.05, 0.1) is 19.4 Å². The molecule has 186 valence electrons. The summed E-state index contributed by atoms with van der Waals surface area (Å²) in [5.74, 6) is -0.807. The molecule has 0 aromatic carbocycles. The van der Waals surface area contributed by atoms with E-state index in [9.17, 15) is 19.6 Å². The molecule has 0 bridgehead atoms. The monoisotopic (exact) mass is 473 g/mol. The fourth-order valence-corrected chi connectivity index (χ4v) is 4.06. The van der Waals surface area contributed by atoms with Crippen LogP contribution in [0.3, 0.4) is 0 Å². The number of esters is 1. The summed E-state index contributed by atoms with van der Waals surface area (Å²) < 4.78 is 10.2. The highest BCUT2D eigenvalue weighted by molar-refractivity contribution is 5.93. The van der Waals surface area contributed by atoms with Crippen molar-refractivity contribution in [1.29, 1.82) is 5.26 Å². The minimum atomic E-state index is -0.608. The molecule has 10 nitrogen and oxygen atoms in total. The van der Waals surface area contributed by atoms with Crippen LogP contribution in [-0.2, 0) is 14.3 Å². The van der Waals surface area contributed by atoms with E-state index in [2.05, 4.69) is 15.6 Å². The zero-order valence-electron chi connectivity index (χ0n) is 20.2. The van der Waals surface area contributed by atoms with Gasteiger partial charge in [0.15, 0.2) is 0 Å². The number of methoxy groups -OCH3 is 1. The number of pyridine rings is 1. The molecular formula is C24H35N5O5. The maximum atomic E-state index is 12.7. The van der Waals surface area contributed by atoms with Crippen molar-refractivity contribution < 1.29 is 23.9 Å². The first-order valence-corrected chi connectivity index (χ1v) is 11.8. The van der Waals surface area contributed by atoms with Gasteiger partial charge in [0.25, 0.3) is 5.91 Å². The van der Waals surface area contributed by atoms with E-state index >= 15 is 0 Å². The van der Waals surface area contributed by atoms with Gasteiger partial charge in [-0.05, 0) is 51.0 Å². The average molecular weight is 474 g/mol. The number of hydrogen-bond acceptors (Lipinski definition) is 8. The molecule has 0 saturated heterocycles. The molecule has 1 atom stereocenters. The van der Waals surface area contributed by atoms with Gasteiger partial charge in [0.1, 0.15) is 23.4 Å². The molecule has 1 aromatic heterocycles. The molecule has 0 aliphatic heterocycles. The molecule has 0 unspecified atom stereocenters. The fraction of sp³-hybridized carbons (Fsp3) is 0.625. The summed E-state index contributed by atoms with van der Waals surface area (Å²) in [4.78, 5) is 41.4. The van der Waals surface area contributed by atoms with Crippen molar-refractivity contribution in [2.75, 3.05) is 26.0 Å². The number of rotatable bonds is 11. The molecule has 0 radical (unpaired) electrons. The number of anilines is 1. The number of amides is 2. The number of nitrogens with zero attached hydrogens (tertiary/aromatic N) is 2. The molecule has 10 heteroatoms. The molecule has 1 aliphatic rings. The van der Waals surface area contributed by atoms with Crippen LogP contribution in [0.4, 0.5) is 5.69 Å². The molecule has 1 heterocycles. The van der Waals surface area contributed by atoms with Crippen LogP contribution in [0.5, 0.6) is 5.88 Å². The number of carbonyl (C=O) groups excluding carboxylic acids is 3. The third-order valence-corrected chi connectivity index (χ3v) is 6.06. The summed E-state index contributed by atoms with van der Waals surface area (Å²) in [7, 11) is 1.33. The van der Waals surface area contributed by atoms with Crippen LogP contribution in [0.2, 0.25) is 0 Å². The molecule has 0 spiro atoms. The summed E-state index contributed by atoms with van der Waals surface area (Å²) in [6.45, 7) is 4.52. The van der Waals surface area contributed by atoms with Crippen LogP contribution in [0.1, 0.15) is 74.8 Å². The second kappa shape index (κ2) is 13.4. The van der Waals surface area contributed by atoms with Gasteiger partial charge in [0.2, 0.25) is 11.8 Å². The topological polar surface area (TPSA) is 156 Å². The number of unbranched alkanes of at least 4 members (excludes halogenated alkanes) is 1. The highest BCUT2D eigenvalue weighted by atomic mass is 16.5. The number of nitrogen functional groups attached to an aromatic ring is 1. The lowest BCUT2D eigenvalue weighted by atomic mass is 9.81. The SMILES string of the molecule is CCCC[C@H](NC(=O)C1CCC(CNC(=O)c2cc(N)c(C#N)c(OCC)n2)CC1)C(=O)OC. The second-order valence-electron chi connectivity index (χ2n) is 8.48. The van der Waals surface area contributed by atoms with E-state index in [0.717, 1.165) is 25.7 Å². The largest absolute Gasteiger partial charge is 0.477 e. The highest BCUT2D eigenvalue weighted by Crippen LogP contribution is 2.29. The Kier molecular flexibility index (Phi) is 10.6. The smallest absolute Gasteiger partial charge is 0.328 e. The summed E-state index contributed by atoms with van der Waals surface area (Å²) in [6.07, 6.45) is 5.26. The second-order valence-corrected chi connectivity index (χ2v) is 8.48. The Morgan fingerprint density at radius 3 is 2.56 bits per heavy atom. The number of nitrogens with one attached hydrogen (secondary N) is 2. The van der Waals surface area contributed by atoms with Crippen LogP contribution in [0, 0.1) is 23.2 Å². The Balaban J connectivity index is 1.86. The van der Waals surface area contributed by atoms with Gasteiger partial charge in [-0.15, -0.1) is 0 Å². The molecule has 2 amide bonds. The number of nitriles is 1. The van der Waals surface area contributed by atoms with Crippen LogP contribution >= 0.6 is 0 Å². The predicted octanol–water partition coefficient (Wildman–Crippen LogP) is 2.32. The number of nitrogens with two attached hydrogens (primary N) is 1. The minimum Gasteiger partial charge on any atom is -0.477 e. The minimum absolute atomic E-state index is 0.0471. The summed E-state index contributed by atoms with van der Waals surface area (Å²) in [6, 6.07) is 2.70. The molecule has 4 N–H and O–H groups in total. The summed E-state index contributed by atoms with van der Waals surface area (Å²) in [5, 5.41) is 14.9. The normalized spacial score (nSPS) is 18.3. The predicted molar refractivity (Wildman–Crippen MR) is 126 cm³/mol. The Hall–Kier alpha value is -3.35. The molecule has 1 aromatic rings. The van der Waals surface area contributed by atoms with Gasteiger partial charge >= 0.3 is 5.97 Å². The molecule has 34 heavy (non-hydrogen) atoms. The first-order valence-electron chi connectivity index (χ1n) is 11.8. The van der Waals surface area contributed by atoms with Gasteiger partial charge in [-0.2, -0.15) is 5.26 Å². The van der Waals surface area contributed by atoms with Crippen molar-refractivity contribution in [3.63, 3.8) is 0 Å². The van der Waals surface area contributed by atoms with Crippen molar-refractivity contribution >= 4 is 23.5 Å². The van der Waals surface area contributed by atoms with Gasteiger partial charge in [-0.25, -0.2) is 9.78 Å². The standard InChI is InChI=1S/C24H35N5O5/c1-4-6-7-19(24(32)33-3)28-21(30)16-10-8-15(9-11-16)14-27-22(31)20-12-18(26)17(13-25)23(29-20)34-5-2/h12,15-16,19H,4-11,14H2,1-3H3,(H2,26,29)(H,27,31)(H,28,30)/t15?,16?,19-/m0/s1. The summed E-state index contributed by atoms with van der Waals surface area (Å²) in [5.41, 5.74) is 6.23. The fourth-order valence-electron chi connectivity index (χ4n) is 4.06. The van der Waals surface area contributed by atoms with E-state index in [4.69, 9.17) is 15.2 Å². The Bertz CT molecular complexity index is 906. The van der Waals surface area contributed by atoms with E-state index in [-0.39, 0.29) is 40.6 Å². The lowest BCUT2D eigenvalue weighted by Crippen LogP contribution is -2.45. The quantitative estimate of drug-likeness (QED) is 0.413. The van der Waals surface area contributed by atoms with Gasteiger partial charge < -0.3 is 25.8 Å². The van der Waals surface area contributed by atoms with Crippen LogP contribution in [0.15, 0.2) is 6.07 Å². The zero-order chi connectivity index (χ0) is 25.1. The van der Waals surface area contributed by atoms with Crippen LogP contribution in [0.25, 0.3) is 0 Å². The molecular weight excluding hydrogens is 438 g/mol. The average Bonchev–Trinajstić information content (AvgIpc) is 2.84. The van der Waals surface area contributed by atoms with E-state index in [1.54, 1.807) is 6.92 Å². The number of hydrogen-bond donors (Lipinski definition) is 3. The Morgan fingerprint density at radius 2 is 1.97 bits per heavy atom. The molecule has 1 fully saturated rings. The maximum absolute atomic E-state index is 12.7. The number of aromatic nitrogens is 1. The summed E-state index contributed by atoms with van der Waals surface area (Å²) >= 11 is 0. The van der Waals surface area contributed by atoms with Gasteiger partial charge in [0, 0.05) is 12.5 Å². The van der Waals surface area contributed by atoms with E-state index in [1.807, 2.05) is 13.0 Å². The highest BCUT2D eigenvalue weighted by Gasteiger charge is 2.30. The van der Waals surface area contributed by atoms with Crippen molar-refractivity contribution in [3.05, 3.63) is 17.3 Å². The first-order chi connectivity index (χ1) is 16.3. The van der Waals surface area contributed by atoms with E-state index < -0.39 is 17.9 Å². The van der Waals surface area contributed by atoms with Gasteiger partial charge in [-0.1, -0.05) is 19.8 Å². The lowest BCUT2D eigenvalue weighted by molar-refractivity contribution is -0.146. The third kappa shape index (κ3) is 7.33. The molecule has 1 saturated carbocycles. The number of carbonyl (C=O) groups is 3. The van der Waals surface area contributed by atoms with E-state index in [1.165, 1.54) is 13.2 Å². The van der Waals surface area contributed by atoms with Crippen LogP contribution in [-0.4, -0.2) is 49.1 Å². The lowest BCUT2D eigenvalue weighted by Gasteiger charge is -2.29. The van der Waals surface area contributed by atoms with Crippen molar-refractivity contribution in [1.82, 2.24) is 15.6 Å². The van der Waals surface area contributed by atoms with Crippen LogP contribution < -0.4 is 21.1 Å². The first kappa shape index (κ1) is 26.9. The van der Waals surface area contributed by atoms with E-state index in [0.29, 0.717) is 32.4 Å². The molecule has 1 aliphatic carbocycles. The maximum Gasteiger partial charge on any atom is 0.328 e. The van der Waals surface area contributed by atoms with Gasteiger partial charge in [-0.3, -0.25) is 9.59 Å². The zero-order valence-corrected chi connectivity index (χ0v) is 20.2. The van der Waals surface area contributed by atoms with Crippen molar-refractivity contribution in [2.24, 2.45) is 11.8 Å². The Morgan fingerprint density at radius 1 is 1.26 bits per heavy atom. The Labute approximate surface area is 200 Å². The molecule has 2 rings (SSSR count). The third-order valence-electron chi connectivity index (χ3n) is 6.06.